The summed E-state index contributed by atoms with van der Waals surface area (Å²) in [5, 5.41) is 33.2. The summed E-state index contributed by atoms with van der Waals surface area (Å²) in [7, 11) is 0. The van der Waals surface area contributed by atoms with Gasteiger partial charge in [0.1, 0.15) is 0 Å². The standard InChI is InChI=1S/C29H52O3/c1-7-20(18(2)3)9-8-19(4)23-10-11-24-22-16-26(31)29(32)17-21(30)12-15-28(29,6)25(22)13-14-27(23,24)5/h18-26,30-32H,7-17H2,1-6H3/t19?,20?,21?,22-,23+,24-,25-,26?,27+,28+,29-/m0/s1. The highest BCUT2D eigenvalue weighted by atomic mass is 16.3. The van der Waals surface area contributed by atoms with Crippen LogP contribution in [0.2, 0.25) is 0 Å². The average molecular weight is 449 g/mol. The van der Waals surface area contributed by atoms with E-state index in [4.69, 9.17) is 0 Å². The molecular weight excluding hydrogens is 396 g/mol. The normalized spacial score (nSPS) is 50.4. The molecule has 0 saturated heterocycles. The first kappa shape index (κ1) is 25.0. The molecule has 32 heavy (non-hydrogen) atoms. The minimum Gasteiger partial charge on any atom is -0.393 e. The lowest BCUT2D eigenvalue weighted by Gasteiger charge is -2.65. The maximum Gasteiger partial charge on any atom is 0.0985 e. The van der Waals surface area contributed by atoms with Crippen molar-refractivity contribution >= 4 is 0 Å². The monoisotopic (exact) mass is 448 g/mol. The summed E-state index contributed by atoms with van der Waals surface area (Å²) in [6.07, 6.45) is 10.7. The predicted molar refractivity (Wildman–Crippen MR) is 131 cm³/mol. The van der Waals surface area contributed by atoms with Crippen molar-refractivity contribution in [2.45, 2.75) is 130 Å². The third-order valence-electron chi connectivity index (χ3n) is 12.1. The summed E-state index contributed by atoms with van der Waals surface area (Å²) in [4.78, 5) is 0. The van der Waals surface area contributed by atoms with Crippen LogP contribution in [-0.4, -0.2) is 33.1 Å². The maximum absolute atomic E-state index is 11.7. The summed E-state index contributed by atoms with van der Waals surface area (Å²) in [6.45, 7) is 14.5. The van der Waals surface area contributed by atoms with E-state index in [0.29, 0.717) is 29.6 Å². The van der Waals surface area contributed by atoms with Crippen molar-refractivity contribution in [3.63, 3.8) is 0 Å². The van der Waals surface area contributed by atoms with Crippen LogP contribution in [-0.2, 0) is 0 Å². The van der Waals surface area contributed by atoms with Crippen LogP contribution < -0.4 is 0 Å². The molecule has 0 bridgehead atoms. The van der Waals surface area contributed by atoms with Crippen molar-refractivity contribution in [3.05, 3.63) is 0 Å². The smallest absolute Gasteiger partial charge is 0.0985 e. The number of aliphatic hydroxyl groups is 3. The molecule has 0 aromatic carbocycles. The number of hydrogen-bond acceptors (Lipinski definition) is 3. The molecule has 3 nitrogen and oxygen atoms in total. The first-order valence-electron chi connectivity index (χ1n) is 14.1. The molecule has 4 unspecified atom stereocenters. The van der Waals surface area contributed by atoms with E-state index < -0.39 is 17.8 Å². The van der Waals surface area contributed by atoms with E-state index in [9.17, 15) is 15.3 Å². The Labute approximate surface area is 197 Å². The van der Waals surface area contributed by atoms with E-state index in [-0.39, 0.29) is 5.41 Å². The molecule has 4 saturated carbocycles. The zero-order valence-corrected chi connectivity index (χ0v) is 21.8. The third-order valence-corrected chi connectivity index (χ3v) is 12.1. The minimum absolute atomic E-state index is 0.259. The van der Waals surface area contributed by atoms with Gasteiger partial charge in [0.05, 0.1) is 17.8 Å². The van der Waals surface area contributed by atoms with Crippen LogP contribution in [0.5, 0.6) is 0 Å². The molecule has 0 spiro atoms. The van der Waals surface area contributed by atoms with Crippen molar-refractivity contribution in [2.75, 3.05) is 0 Å². The molecular formula is C29H52O3. The highest BCUT2D eigenvalue weighted by molar-refractivity contribution is 5.17. The van der Waals surface area contributed by atoms with Gasteiger partial charge >= 0.3 is 0 Å². The van der Waals surface area contributed by atoms with E-state index in [1.807, 2.05) is 0 Å². The molecule has 186 valence electrons. The lowest BCUT2D eigenvalue weighted by Crippen LogP contribution is -2.68. The van der Waals surface area contributed by atoms with Gasteiger partial charge in [-0.3, -0.25) is 0 Å². The lowest BCUT2D eigenvalue weighted by molar-refractivity contribution is -0.264. The van der Waals surface area contributed by atoms with Crippen LogP contribution in [0.3, 0.4) is 0 Å². The minimum atomic E-state index is -1.11. The van der Waals surface area contributed by atoms with E-state index >= 15 is 0 Å². The molecule has 0 radical (unpaired) electrons. The van der Waals surface area contributed by atoms with Crippen molar-refractivity contribution in [2.24, 2.45) is 52.3 Å². The number of aliphatic hydroxyl groups excluding tert-OH is 2. The van der Waals surface area contributed by atoms with E-state index in [1.54, 1.807) is 0 Å². The zero-order valence-electron chi connectivity index (χ0n) is 21.8. The SMILES string of the molecule is CCC(CCC(C)[C@H]1CC[C@H]2[C@@H]3CC(O)[C@@]4(O)CC(O)CC[C@]4(C)[C@H]3CC[C@]12C)C(C)C. The van der Waals surface area contributed by atoms with Crippen LogP contribution in [0.4, 0.5) is 0 Å². The number of hydrogen-bond donors (Lipinski definition) is 3. The summed E-state index contributed by atoms with van der Waals surface area (Å²) in [5.74, 6) is 4.92. The molecule has 0 heterocycles. The second kappa shape index (κ2) is 8.83. The van der Waals surface area contributed by atoms with E-state index in [1.165, 1.54) is 44.9 Å². The Balaban J connectivity index is 1.51. The Morgan fingerprint density at radius 2 is 1.62 bits per heavy atom. The largest absolute Gasteiger partial charge is 0.393 e. The molecule has 4 aliphatic carbocycles. The second-order valence-corrected chi connectivity index (χ2v) is 13.6. The van der Waals surface area contributed by atoms with Gasteiger partial charge in [0.25, 0.3) is 0 Å². The van der Waals surface area contributed by atoms with Gasteiger partial charge in [0.2, 0.25) is 0 Å². The van der Waals surface area contributed by atoms with Crippen LogP contribution >= 0.6 is 0 Å². The van der Waals surface area contributed by atoms with Gasteiger partial charge in [0, 0.05) is 11.8 Å². The van der Waals surface area contributed by atoms with Crippen LogP contribution in [0, 0.1) is 52.3 Å². The Bertz CT molecular complexity index is 663. The van der Waals surface area contributed by atoms with Gasteiger partial charge in [-0.05, 0) is 98.2 Å². The molecule has 0 aliphatic heterocycles. The molecule has 11 atom stereocenters. The van der Waals surface area contributed by atoms with Crippen molar-refractivity contribution in [1.29, 1.82) is 0 Å². The fourth-order valence-electron chi connectivity index (χ4n) is 9.92. The summed E-state index contributed by atoms with van der Waals surface area (Å²) in [5.41, 5.74) is -0.984. The van der Waals surface area contributed by atoms with Crippen LogP contribution in [0.1, 0.15) is 112 Å². The summed E-state index contributed by atoms with van der Waals surface area (Å²) in [6, 6.07) is 0. The fourth-order valence-corrected chi connectivity index (χ4v) is 9.92. The molecule has 4 fully saturated rings. The Morgan fingerprint density at radius 1 is 0.906 bits per heavy atom. The maximum atomic E-state index is 11.7. The molecule has 4 aliphatic rings. The topological polar surface area (TPSA) is 60.7 Å². The lowest BCUT2D eigenvalue weighted by atomic mass is 9.42. The van der Waals surface area contributed by atoms with Gasteiger partial charge in [-0.25, -0.2) is 0 Å². The third kappa shape index (κ3) is 3.72. The molecule has 4 rings (SSSR count). The van der Waals surface area contributed by atoms with E-state index in [0.717, 1.165) is 42.9 Å². The first-order valence-corrected chi connectivity index (χ1v) is 14.1. The first-order chi connectivity index (χ1) is 15.0. The Hall–Kier alpha value is -0.120. The highest BCUT2D eigenvalue weighted by Crippen LogP contribution is 2.69. The average Bonchev–Trinajstić information content (AvgIpc) is 3.08. The molecule has 0 amide bonds. The second-order valence-electron chi connectivity index (χ2n) is 13.6. The number of rotatable bonds is 6. The molecule has 0 aromatic rings. The summed E-state index contributed by atoms with van der Waals surface area (Å²) >= 11 is 0. The van der Waals surface area contributed by atoms with E-state index in [2.05, 4.69) is 41.5 Å². The molecule has 0 aromatic heterocycles. The predicted octanol–water partition coefficient (Wildman–Crippen LogP) is 6.19. The van der Waals surface area contributed by atoms with Crippen molar-refractivity contribution in [3.8, 4) is 0 Å². The zero-order chi connectivity index (χ0) is 23.5. The van der Waals surface area contributed by atoms with Crippen molar-refractivity contribution in [1.82, 2.24) is 0 Å². The Kier molecular flexibility index (Phi) is 6.89. The highest BCUT2D eigenvalue weighted by Gasteiger charge is 2.67. The van der Waals surface area contributed by atoms with Crippen molar-refractivity contribution < 1.29 is 15.3 Å². The van der Waals surface area contributed by atoms with Gasteiger partial charge in [0.15, 0.2) is 0 Å². The Morgan fingerprint density at radius 3 is 2.28 bits per heavy atom. The molecule has 3 heteroatoms. The molecule has 3 N–H and O–H groups in total. The van der Waals surface area contributed by atoms with Crippen LogP contribution in [0.15, 0.2) is 0 Å². The van der Waals surface area contributed by atoms with Gasteiger partial charge in [-0.2, -0.15) is 0 Å². The van der Waals surface area contributed by atoms with Gasteiger partial charge in [-0.15, -0.1) is 0 Å². The number of fused-ring (bicyclic) bond motifs is 5. The van der Waals surface area contributed by atoms with Gasteiger partial charge in [-0.1, -0.05) is 54.4 Å². The summed E-state index contributed by atoms with van der Waals surface area (Å²) < 4.78 is 0. The van der Waals surface area contributed by atoms with Gasteiger partial charge < -0.3 is 15.3 Å². The quantitative estimate of drug-likeness (QED) is 0.454. The van der Waals surface area contributed by atoms with Crippen LogP contribution in [0.25, 0.3) is 0 Å². The fraction of sp³-hybridized carbons (Fsp3) is 1.00.